The number of carbonyl (C=O) groups excluding carboxylic acids is 1. The van der Waals surface area contributed by atoms with Crippen LogP contribution in [0.4, 0.5) is 0 Å². The van der Waals surface area contributed by atoms with Crippen molar-refractivity contribution in [1.82, 2.24) is 4.90 Å². The van der Waals surface area contributed by atoms with E-state index in [-0.39, 0.29) is 0 Å². The average molecular weight is 296 g/mol. The molecule has 0 aromatic rings. The molecule has 1 amide bonds. The number of rotatable bonds is 10. The van der Waals surface area contributed by atoms with E-state index in [0.717, 1.165) is 19.4 Å². The third-order valence-electron chi connectivity index (χ3n) is 4.92. The molecule has 0 spiro atoms. The third kappa shape index (κ3) is 7.87. The number of hydrogen-bond donors (Lipinski definition) is 0. The van der Waals surface area contributed by atoms with Crippen LogP contribution in [0.5, 0.6) is 0 Å². The number of unbranched alkanes of at least 4 members (excludes halogenated alkanes) is 6. The Kier molecular flexibility index (Phi) is 10.6. The van der Waals surface area contributed by atoms with Crippen LogP contribution in [0.15, 0.2) is 0 Å². The number of nitrogens with zero attached hydrogens (tertiary/aromatic N) is 1. The summed E-state index contributed by atoms with van der Waals surface area (Å²) in [5.41, 5.74) is 0. The molecule has 1 fully saturated rings. The highest BCUT2D eigenvalue weighted by molar-refractivity contribution is 5.76. The van der Waals surface area contributed by atoms with Crippen LogP contribution in [0.2, 0.25) is 0 Å². The standard InChI is InChI=1S/C19H37NO/c1-3-5-6-7-8-9-14-17-19(21)20(4-2)18-15-12-10-11-13-16-18/h18H,3-17H2,1-2H3. The highest BCUT2D eigenvalue weighted by atomic mass is 16.2. The summed E-state index contributed by atoms with van der Waals surface area (Å²) in [4.78, 5) is 14.6. The van der Waals surface area contributed by atoms with Crippen LogP contribution in [0, 0.1) is 0 Å². The summed E-state index contributed by atoms with van der Waals surface area (Å²) in [6.45, 7) is 5.30. The molecule has 2 nitrogen and oxygen atoms in total. The van der Waals surface area contributed by atoms with Crippen LogP contribution in [0.25, 0.3) is 0 Å². The summed E-state index contributed by atoms with van der Waals surface area (Å²) >= 11 is 0. The summed E-state index contributed by atoms with van der Waals surface area (Å²) in [6.07, 6.45) is 17.6. The Labute approximate surface area is 132 Å². The van der Waals surface area contributed by atoms with Gasteiger partial charge in [0, 0.05) is 19.0 Å². The van der Waals surface area contributed by atoms with Crippen LogP contribution in [-0.4, -0.2) is 23.4 Å². The van der Waals surface area contributed by atoms with E-state index >= 15 is 0 Å². The minimum absolute atomic E-state index is 0.415. The number of hydrogen-bond acceptors (Lipinski definition) is 1. The monoisotopic (exact) mass is 295 g/mol. The van der Waals surface area contributed by atoms with Crippen molar-refractivity contribution in [3.63, 3.8) is 0 Å². The van der Waals surface area contributed by atoms with E-state index in [1.165, 1.54) is 77.0 Å². The van der Waals surface area contributed by atoms with Crippen LogP contribution in [0.3, 0.4) is 0 Å². The van der Waals surface area contributed by atoms with Gasteiger partial charge in [-0.3, -0.25) is 4.79 Å². The zero-order chi connectivity index (χ0) is 15.3. The van der Waals surface area contributed by atoms with Crippen molar-refractivity contribution < 1.29 is 4.79 Å². The Morgan fingerprint density at radius 2 is 1.43 bits per heavy atom. The maximum Gasteiger partial charge on any atom is 0.222 e. The lowest BCUT2D eigenvalue weighted by molar-refractivity contribution is -0.133. The van der Waals surface area contributed by atoms with Gasteiger partial charge in [0.2, 0.25) is 5.91 Å². The second-order valence-corrected chi connectivity index (χ2v) is 6.70. The highest BCUT2D eigenvalue weighted by Crippen LogP contribution is 2.22. The predicted octanol–water partition coefficient (Wildman–Crippen LogP) is 5.70. The summed E-state index contributed by atoms with van der Waals surface area (Å²) in [5, 5.41) is 0. The molecule has 1 rings (SSSR count). The van der Waals surface area contributed by atoms with Crippen LogP contribution in [-0.2, 0) is 4.79 Å². The first-order chi connectivity index (χ1) is 10.3. The van der Waals surface area contributed by atoms with Gasteiger partial charge >= 0.3 is 0 Å². The van der Waals surface area contributed by atoms with E-state index in [1.54, 1.807) is 0 Å². The molecule has 0 N–H and O–H groups in total. The van der Waals surface area contributed by atoms with Crippen molar-refractivity contribution in [1.29, 1.82) is 0 Å². The van der Waals surface area contributed by atoms with E-state index in [0.29, 0.717) is 11.9 Å². The van der Waals surface area contributed by atoms with Gasteiger partial charge in [-0.1, -0.05) is 71.1 Å². The fourth-order valence-electron chi connectivity index (χ4n) is 3.58. The zero-order valence-corrected chi connectivity index (χ0v) is 14.5. The van der Waals surface area contributed by atoms with E-state index in [4.69, 9.17) is 0 Å². The van der Waals surface area contributed by atoms with Gasteiger partial charge in [0.1, 0.15) is 0 Å². The first-order valence-electron chi connectivity index (χ1n) is 9.59. The average Bonchev–Trinajstić information content (AvgIpc) is 2.76. The second-order valence-electron chi connectivity index (χ2n) is 6.70. The van der Waals surface area contributed by atoms with Gasteiger partial charge in [-0.15, -0.1) is 0 Å². The molecule has 0 heterocycles. The van der Waals surface area contributed by atoms with E-state index in [2.05, 4.69) is 18.7 Å². The Bertz CT molecular complexity index is 256. The van der Waals surface area contributed by atoms with Crippen molar-refractivity contribution in [2.45, 2.75) is 110 Å². The van der Waals surface area contributed by atoms with Crippen molar-refractivity contribution >= 4 is 5.91 Å². The smallest absolute Gasteiger partial charge is 0.222 e. The Morgan fingerprint density at radius 1 is 0.857 bits per heavy atom. The van der Waals surface area contributed by atoms with E-state index in [1.807, 2.05) is 0 Å². The molecular formula is C19H37NO. The summed E-state index contributed by atoms with van der Waals surface area (Å²) in [5.74, 6) is 0.415. The van der Waals surface area contributed by atoms with Crippen molar-refractivity contribution in [3.8, 4) is 0 Å². The van der Waals surface area contributed by atoms with Gasteiger partial charge in [-0.2, -0.15) is 0 Å². The van der Waals surface area contributed by atoms with Gasteiger partial charge in [-0.05, 0) is 26.2 Å². The molecule has 0 saturated heterocycles. The van der Waals surface area contributed by atoms with Gasteiger partial charge in [0.15, 0.2) is 0 Å². The molecule has 124 valence electrons. The first kappa shape index (κ1) is 18.5. The topological polar surface area (TPSA) is 20.3 Å². The van der Waals surface area contributed by atoms with Crippen LogP contribution >= 0.6 is 0 Å². The molecule has 0 atom stereocenters. The number of amides is 1. The molecule has 0 radical (unpaired) electrons. The lowest BCUT2D eigenvalue weighted by atomic mass is 10.0. The fraction of sp³-hybridized carbons (Fsp3) is 0.947. The molecule has 0 bridgehead atoms. The summed E-state index contributed by atoms with van der Waals surface area (Å²) in [6, 6.07) is 0.537. The van der Waals surface area contributed by atoms with Crippen molar-refractivity contribution in [3.05, 3.63) is 0 Å². The molecule has 0 unspecified atom stereocenters. The molecule has 1 aliphatic carbocycles. The second kappa shape index (κ2) is 12.1. The molecular weight excluding hydrogens is 258 g/mol. The minimum atomic E-state index is 0.415. The molecule has 1 saturated carbocycles. The maximum absolute atomic E-state index is 12.4. The Hall–Kier alpha value is -0.530. The van der Waals surface area contributed by atoms with Crippen LogP contribution < -0.4 is 0 Å². The summed E-state index contributed by atoms with van der Waals surface area (Å²) in [7, 11) is 0. The zero-order valence-electron chi connectivity index (χ0n) is 14.5. The Morgan fingerprint density at radius 3 is 2.00 bits per heavy atom. The van der Waals surface area contributed by atoms with E-state index < -0.39 is 0 Å². The Balaban J connectivity index is 2.18. The third-order valence-corrected chi connectivity index (χ3v) is 4.92. The fourth-order valence-corrected chi connectivity index (χ4v) is 3.58. The van der Waals surface area contributed by atoms with Crippen molar-refractivity contribution in [2.75, 3.05) is 6.54 Å². The lowest BCUT2D eigenvalue weighted by Crippen LogP contribution is -2.39. The molecule has 0 aromatic heterocycles. The van der Waals surface area contributed by atoms with Gasteiger partial charge in [0.05, 0.1) is 0 Å². The first-order valence-corrected chi connectivity index (χ1v) is 9.59. The van der Waals surface area contributed by atoms with Gasteiger partial charge in [0.25, 0.3) is 0 Å². The van der Waals surface area contributed by atoms with Crippen LogP contribution in [0.1, 0.15) is 104 Å². The molecule has 0 aliphatic heterocycles. The van der Waals surface area contributed by atoms with Crippen molar-refractivity contribution in [2.24, 2.45) is 0 Å². The predicted molar refractivity (Wildman–Crippen MR) is 91.5 cm³/mol. The highest BCUT2D eigenvalue weighted by Gasteiger charge is 2.22. The molecule has 1 aliphatic rings. The SMILES string of the molecule is CCCCCCCCCC(=O)N(CC)C1CCCCCC1. The summed E-state index contributed by atoms with van der Waals surface area (Å²) < 4.78 is 0. The van der Waals surface area contributed by atoms with Gasteiger partial charge < -0.3 is 4.90 Å². The maximum atomic E-state index is 12.4. The largest absolute Gasteiger partial charge is 0.340 e. The normalized spacial score (nSPS) is 16.7. The van der Waals surface area contributed by atoms with Gasteiger partial charge in [-0.25, -0.2) is 0 Å². The molecule has 21 heavy (non-hydrogen) atoms. The van der Waals surface area contributed by atoms with E-state index in [9.17, 15) is 4.79 Å². The lowest BCUT2D eigenvalue weighted by Gasteiger charge is -2.30. The minimum Gasteiger partial charge on any atom is -0.340 e. The quantitative estimate of drug-likeness (QED) is 0.374. The molecule has 2 heteroatoms. The molecule has 0 aromatic carbocycles. The number of carbonyl (C=O) groups is 1.